The van der Waals surface area contributed by atoms with Gasteiger partial charge in [-0.15, -0.1) is 0 Å². The van der Waals surface area contributed by atoms with Crippen LogP contribution < -0.4 is 0 Å². The Balaban J connectivity index is 1.57. The minimum absolute atomic E-state index is 0.104. The minimum Gasteiger partial charge on any atom is -0.393 e. The second kappa shape index (κ2) is 6.88. The molecule has 2 fully saturated rings. The van der Waals surface area contributed by atoms with E-state index in [-0.39, 0.29) is 18.1 Å². The largest absolute Gasteiger partial charge is 0.393 e. The van der Waals surface area contributed by atoms with Crippen LogP contribution in [0.5, 0.6) is 0 Å². The highest BCUT2D eigenvalue weighted by atomic mass is 16.3. The van der Waals surface area contributed by atoms with Crippen LogP contribution in [0.4, 0.5) is 0 Å². The van der Waals surface area contributed by atoms with Crippen LogP contribution in [0.2, 0.25) is 0 Å². The van der Waals surface area contributed by atoms with E-state index in [1.165, 1.54) is 5.56 Å². The Bertz CT molecular complexity index is 801. The minimum atomic E-state index is -0.131. The third-order valence-electron chi connectivity index (χ3n) is 6.32. The van der Waals surface area contributed by atoms with Gasteiger partial charge in [-0.2, -0.15) is 0 Å². The number of aliphatic hydroxyl groups excluding tert-OH is 1. The summed E-state index contributed by atoms with van der Waals surface area (Å²) in [6.07, 6.45) is 3.73. The molecule has 2 unspecified atom stereocenters. The number of aryl methyl sites for hydroxylation is 1. The average Bonchev–Trinajstić information content (AvgIpc) is 3.18. The van der Waals surface area contributed by atoms with Gasteiger partial charge in [-0.3, -0.25) is 4.79 Å². The van der Waals surface area contributed by atoms with Gasteiger partial charge in [-0.1, -0.05) is 48.0 Å². The normalized spacial score (nSPS) is 27.3. The van der Waals surface area contributed by atoms with Gasteiger partial charge in [-0.25, -0.2) is 0 Å². The van der Waals surface area contributed by atoms with Gasteiger partial charge in [0, 0.05) is 18.7 Å². The molecule has 0 aliphatic heterocycles. The maximum Gasteiger partial charge on any atom is 0.254 e. The Kier molecular flexibility index (Phi) is 4.58. The van der Waals surface area contributed by atoms with Crippen molar-refractivity contribution in [2.75, 3.05) is 7.05 Å². The zero-order chi connectivity index (χ0) is 18.3. The number of amides is 1. The molecule has 4 atom stereocenters. The smallest absolute Gasteiger partial charge is 0.254 e. The predicted octanol–water partition coefficient (Wildman–Crippen LogP) is 4.28. The third-order valence-corrected chi connectivity index (χ3v) is 6.32. The van der Waals surface area contributed by atoms with Gasteiger partial charge in [0.25, 0.3) is 5.91 Å². The Morgan fingerprint density at radius 1 is 1.00 bits per heavy atom. The number of hydrogen-bond donors (Lipinski definition) is 1. The predicted molar refractivity (Wildman–Crippen MR) is 104 cm³/mol. The zero-order valence-corrected chi connectivity index (χ0v) is 15.6. The van der Waals surface area contributed by atoms with E-state index in [2.05, 4.69) is 25.1 Å². The first-order chi connectivity index (χ1) is 12.5. The summed E-state index contributed by atoms with van der Waals surface area (Å²) in [4.78, 5) is 15.2. The van der Waals surface area contributed by atoms with Gasteiger partial charge in [0.15, 0.2) is 0 Å². The molecule has 136 valence electrons. The average molecular weight is 349 g/mol. The maximum atomic E-state index is 13.3. The summed E-state index contributed by atoms with van der Waals surface area (Å²) >= 11 is 0. The molecule has 0 bridgehead atoms. The van der Waals surface area contributed by atoms with E-state index in [9.17, 15) is 9.90 Å². The van der Waals surface area contributed by atoms with E-state index in [4.69, 9.17) is 0 Å². The summed E-state index contributed by atoms with van der Waals surface area (Å²) in [7, 11) is 1.94. The fourth-order valence-electron chi connectivity index (χ4n) is 4.96. The highest BCUT2D eigenvalue weighted by molar-refractivity contribution is 6.01. The van der Waals surface area contributed by atoms with Gasteiger partial charge in [0.05, 0.1) is 6.10 Å². The second-order valence-electron chi connectivity index (χ2n) is 8.10. The Hall–Kier alpha value is -2.13. The van der Waals surface area contributed by atoms with Crippen molar-refractivity contribution in [3.8, 4) is 11.1 Å². The van der Waals surface area contributed by atoms with Crippen LogP contribution in [0.15, 0.2) is 48.5 Å². The number of fused-ring (bicyclic) bond motifs is 1. The van der Waals surface area contributed by atoms with Crippen LogP contribution in [0, 0.1) is 18.8 Å². The van der Waals surface area contributed by atoms with E-state index in [0.717, 1.165) is 42.4 Å². The van der Waals surface area contributed by atoms with Crippen molar-refractivity contribution < 1.29 is 9.90 Å². The molecule has 0 aromatic heterocycles. The lowest BCUT2D eigenvalue weighted by molar-refractivity contribution is 0.0723. The summed E-state index contributed by atoms with van der Waals surface area (Å²) in [5.41, 5.74) is 4.06. The highest BCUT2D eigenvalue weighted by Crippen LogP contribution is 2.45. The van der Waals surface area contributed by atoms with Crippen molar-refractivity contribution in [2.45, 2.75) is 44.8 Å². The molecule has 2 saturated carbocycles. The second-order valence-corrected chi connectivity index (χ2v) is 8.10. The van der Waals surface area contributed by atoms with Crippen LogP contribution in [0.25, 0.3) is 11.1 Å². The molecule has 26 heavy (non-hydrogen) atoms. The molecule has 3 heteroatoms. The van der Waals surface area contributed by atoms with Crippen LogP contribution in [0.3, 0.4) is 0 Å². The summed E-state index contributed by atoms with van der Waals surface area (Å²) < 4.78 is 0. The molecule has 2 aliphatic carbocycles. The van der Waals surface area contributed by atoms with Gasteiger partial charge in [0.1, 0.15) is 0 Å². The standard InChI is InChI=1S/C23H27NO2/c1-15-6-5-7-16(10-15)21-8-3-4-9-22(21)23(26)24(2)19-11-17-13-20(25)14-18(17)12-19/h3-10,17-20,25H,11-14H2,1-2H3/t17-,18+,19?,20?. The first-order valence-electron chi connectivity index (χ1n) is 9.64. The number of carbonyl (C=O) groups excluding carboxylic acids is 1. The fraction of sp³-hybridized carbons (Fsp3) is 0.435. The van der Waals surface area contributed by atoms with Crippen LogP contribution in [0.1, 0.15) is 41.6 Å². The molecular formula is C23H27NO2. The van der Waals surface area contributed by atoms with Crippen molar-refractivity contribution in [1.82, 2.24) is 4.90 Å². The molecule has 0 heterocycles. The zero-order valence-electron chi connectivity index (χ0n) is 15.6. The molecule has 2 aromatic carbocycles. The number of hydrogen-bond acceptors (Lipinski definition) is 2. The van der Waals surface area contributed by atoms with Crippen molar-refractivity contribution in [3.05, 3.63) is 59.7 Å². The molecule has 0 saturated heterocycles. The number of rotatable bonds is 3. The quantitative estimate of drug-likeness (QED) is 0.898. The van der Waals surface area contributed by atoms with Gasteiger partial charge in [-0.05, 0) is 61.6 Å². The van der Waals surface area contributed by atoms with Crippen LogP contribution in [-0.2, 0) is 0 Å². The molecule has 4 rings (SSSR count). The summed E-state index contributed by atoms with van der Waals surface area (Å²) in [5.74, 6) is 1.27. The lowest BCUT2D eigenvalue weighted by atomic mass is 9.97. The number of carbonyl (C=O) groups is 1. The summed E-state index contributed by atoms with van der Waals surface area (Å²) in [6.45, 7) is 2.08. The van der Waals surface area contributed by atoms with Gasteiger partial charge < -0.3 is 10.0 Å². The molecule has 1 amide bonds. The Morgan fingerprint density at radius 3 is 2.38 bits per heavy atom. The van der Waals surface area contributed by atoms with E-state index in [1.807, 2.05) is 42.3 Å². The van der Waals surface area contributed by atoms with Crippen molar-refractivity contribution >= 4 is 5.91 Å². The lowest BCUT2D eigenvalue weighted by Gasteiger charge is -2.26. The molecule has 2 aromatic rings. The summed E-state index contributed by atoms with van der Waals surface area (Å²) in [5, 5.41) is 9.85. The van der Waals surface area contributed by atoms with Crippen molar-refractivity contribution in [1.29, 1.82) is 0 Å². The molecular weight excluding hydrogens is 322 g/mol. The van der Waals surface area contributed by atoms with E-state index < -0.39 is 0 Å². The Morgan fingerprint density at radius 2 is 1.69 bits per heavy atom. The maximum absolute atomic E-state index is 13.3. The number of nitrogens with zero attached hydrogens (tertiary/aromatic N) is 1. The van der Waals surface area contributed by atoms with Crippen LogP contribution in [-0.4, -0.2) is 35.1 Å². The van der Waals surface area contributed by atoms with Crippen molar-refractivity contribution in [2.24, 2.45) is 11.8 Å². The SMILES string of the molecule is Cc1cccc(-c2ccccc2C(=O)N(C)C2C[C@H]3CC(O)C[C@H]3C2)c1. The lowest BCUT2D eigenvalue weighted by Crippen LogP contribution is -2.36. The number of aliphatic hydroxyl groups is 1. The molecule has 3 nitrogen and oxygen atoms in total. The fourth-order valence-corrected chi connectivity index (χ4v) is 4.96. The van der Waals surface area contributed by atoms with E-state index in [0.29, 0.717) is 11.8 Å². The van der Waals surface area contributed by atoms with Gasteiger partial charge >= 0.3 is 0 Å². The number of benzene rings is 2. The molecule has 0 radical (unpaired) electrons. The molecule has 2 aliphatic rings. The van der Waals surface area contributed by atoms with Crippen molar-refractivity contribution in [3.63, 3.8) is 0 Å². The summed E-state index contributed by atoms with van der Waals surface area (Å²) in [6, 6.07) is 16.5. The topological polar surface area (TPSA) is 40.5 Å². The molecule has 1 N–H and O–H groups in total. The monoisotopic (exact) mass is 349 g/mol. The highest BCUT2D eigenvalue weighted by Gasteiger charge is 2.43. The molecule has 0 spiro atoms. The first kappa shape index (κ1) is 17.3. The third kappa shape index (κ3) is 3.16. The van der Waals surface area contributed by atoms with E-state index >= 15 is 0 Å². The first-order valence-corrected chi connectivity index (χ1v) is 9.64. The van der Waals surface area contributed by atoms with Crippen LogP contribution >= 0.6 is 0 Å². The Labute approximate surface area is 155 Å². The van der Waals surface area contributed by atoms with Gasteiger partial charge in [0.2, 0.25) is 0 Å². The van der Waals surface area contributed by atoms with E-state index in [1.54, 1.807) is 0 Å².